The molecule has 0 N–H and O–H groups in total. The number of hydrogen-bond donors (Lipinski definition) is 0. The Balaban J connectivity index is -0.000000446. The molecule has 2 saturated carbocycles. The fraction of sp³-hybridized carbons (Fsp3) is 0.686. The summed E-state index contributed by atoms with van der Waals surface area (Å²) in [4.78, 5) is 0. The average molecular weight is 764 g/mol. The van der Waals surface area contributed by atoms with Crippen LogP contribution in [-0.4, -0.2) is 42.6 Å². The minimum absolute atomic E-state index is 0. The van der Waals surface area contributed by atoms with Crippen LogP contribution in [0.25, 0.3) is 0 Å². The predicted molar refractivity (Wildman–Crippen MR) is 180 cm³/mol. The van der Waals surface area contributed by atoms with Crippen LogP contribution in [0.3, 0.4) is 0 Å². The minimum Gasteiger partial charge on any atom is -0.381 e. The van der Waals surface area contributed by atoms with E-state index in [4.69, 9.17) is 9.47 Å². The summed E-state index contributed by atoms with van der Waals surface area (Å²) in [5, 5.41) is 0. The van der Waals surface area contributed by atoms with Crippen LogP contribution >= 0.6 is 0 Å². The SMILES string of the molecule is C1CCOC1.C1CCOC1.C[C]1[C](C)[C](C)[C](C)[C]1C.C[C]1[C](C)[C](C)[C](C)[C]1C.C[Si](C)(C)[CH-][Si](C)(C)C.[K+].[Sm]. The van der Waals surface area contributed by atoms with E-state index in [2.05, 4.69) is 114 Å². The molecule has 0 aromatic carbocycles. The van der Waals surface area contributed by atoms with Gasteiger partial charge in [-0.3, -0.25) is 0 Å². The van der Waals surface area contributed by atoms with E-state index in [0.29, 0.717) is 0 Å². The summed E-state index contributed by atoms with van der Waals surface area (Å²) in [7, 11) is -1.71. The molecule has 0 unspecified atom stereocenters. The van der Waals surface area contributed by atoms with Crippen LogP contribution in [0.1, 0.15) is 94.9 Å². The summed E-state index contributed by atoms with van der Waals surface area (Å²) in [5.41, 5.74) is 2.65. The predicted octanol–water partition coefficient (Wildman–Crippen LogP) is 7.49. The monoisotopic (exact) mass is 764 g/mol. The molecule has 41 heavy (non-hydrogen) atoms. The fourth-order valence-corrected chi connectivity index (χ4v) is 15.5. The molecular weight excluding hydrogens is 698 g/mol. The summed E-state index contributed by atoms with van der Waals surface area (Å²) < 4.78 is 9.89. The van der Waals surface area contributed by atoms with Crippen molar-refractivity contribution in [3.05, 3.63) is 64.8 Å². The molecule has 4 fully saturated rings. The first-order valence-corrected chi connectivity index (χ1v) is 22.4. The van der Waals surface area contributed by atoms with Gasteiger partial charge < -0.3 is 15.1 Å². The smallest absolute Gasteiger partial charge is 0.381 e. The molecule has 0 aromatic rings. The van der Waals surface area contributed by atoms with Crippen LogP contribution in [0.2, 0.25) is 39.3 Å². The molecule has 2 aliphatic heterocycles. The van der Waals surface area contributed by atoms with Gasteiger partial charge in [-0.25, -0.2) is 0 Å². The molecule has 0 spiro atoms. The van der Waals surface area contributed by atoms with E-state index in [1.165, 1.54) is 84.9 Å². The maximum Gasteiger partial charge on any atom is 1.00 e. The van der Waals surface area contributed by atoms with Gasteiger partial charge in [-0.1, -0.05) is 109 Å². The van der Waals surface area contributed by atoms with Gasteiger partial charge in [0.05, 0.1) is 0 Å². The average Bonchev–Trinajstić information content (AvgIpc) is 3.65. The number of hydrogen-bond acceptors (Lipinski definition) is 2. The molecule has 0 aromatic heterocycles. The Morgan fingerprint density at radius 1 is 0.390 bits per heavy atom. The zero-order valence-corrected chi connectivity index (χ0v) is 38.2. The molecule has 4 aliphatic rings. The van der Waals surface area contributed by atoms with Crippen LogP contribution < -0.4 is 51.4 Å². The Morgan fingerprint density at radius 2 is 0.537 bits per heavy atom. The van der Waals surface area contributed by atoms with Crippen molar-refractivity contribution in [2.24, 2.45) is 0 Å². The van der Waals surface area contributed by atoms with Gasteiger partial charge in [-0.2, -0.15) is 0 Å². The normalized spacial score (nSPS) is 22.8. The Kier molecular flexibility index (Phi) is 29.1. The largest absolute Gasteiger partial charge is 1.00 e. The van der Waals surface area contributed by atoms with Gasteiger partial charge >= 0.3 is 51.4 Å². The Labute approximate surface area is 338 Å². The summed E-state index contributed by atoms with van der Waals surface area (Å²) in [6.45, 7) is 40.4. The maximum atomic E-state index is 4.94. The third-order valence-electron chi connectivity index (χ3n) is 8.15. The summed E-state index contributed by atoms with van der Waals surface area (Å²) in [6.07, 6.45) is 5.11. The van der Waals surface area contributed by atoms with Crippen molar-refractivity contribution in [2.45, 2.75) is 134 Å². The maximum absolute atomic E-state index is 4.94. The van der Waals surface area contributed by atoms with Crippen molar-refractivity contribution >= 4 is 16.1 Å². The van der Waals surface area contributed by atoms with E-state index in [0.717, 1.165) is 26.4 Å². The molecule has 6 heteroatoms. The van der Waals surface area contributed by atoms with Gasteiger partial charge in [0.25, 0.3) is 0 Å². The van der Waals surface area contributed by atoms with Crippen molar-refractivity contribution in [3.63, 3.8) is 0 Å². The van der Waals surface area contributed by atoms with Crippen LogP contribution in [0.15, 0.2) is 0 Å². The molecule has 4 rings (SSSR count). The van der Waals surface area contributed by atoms with E-state index < -0.39 is 16.1 Å². The van der Waals surface area contributed by atoms with Crippen molar-refractivity contribution in [1.82, 2.24) is 0 Å². The topological polar surface area (TPSA) is 18.5 Å². The van der Waals surface area contributed by atoms with Gasteiger partial charge in [0.1, 0.15) is 0 Å². The molecule has 2 aliphatic carbocycles. The molecule has 0 atom stereocenters. The summed E-state index contributed by atoms with van der Waals surface area (Å²) >= 11 is 0. The molecule has 2 saturated heterocycles. The van der Waals surface area contributed by atoms with E-state index in [1.54, 1.807) is 0 Å². The van der Waals surface area contributed by atoms with E-state index in [1.807, 2.05) is 0 Å². The third kappa shape index (κ3) is 21.0. The number of rotatable bonds is 2. The van der Waals surface area contributed by atoms with Crippen LogP contribution in [-0.2, 0) is 9.47 Å². The molecule has 2 heterocycles. The molecule has 0 amide bonds. The Morgan fingerprint density at radius 3 is 0.585 bits per heavy atom. The standard InChI is InChI=1S/2C10H15.C7H19Si2.2C4H8O.K.Sm/c2*1-6-7(2)9(4)10(5)8(6)3;1-8(2,3)7-9(4,5)6;2*1-2-4-5-3-1;;/h2*1-5H3;7H,1-6H3;2*1-4H2;;/q;;-1;;;+1;. The van der Waals surface area contributed by atoms with Gasteiger partial charge in [0.15, 0.2) is 0 Å². The minimum atomic E-state index is -0.856. The molecular formula is C35H65KO2Si2Sm. The zero-order chi connectivity index (χ0) is 30.6. The molecule has 2 nitrogen and oxygen atoms in total. The Bertz CT molecular complexity index is 459. The first-order chi connectivity index (χ1) is 17.8. The van der Waals surface area contributed by atoms with Gasteiger partial charge in [-0.05, 0) is 84.9 Å². The first kappa shape index (κ1) is 48.7. The van der Waals surface area contributed by atoms with Gasteiger partial charge in [-0.15, -0.1) is 16.1 Å². The van der Waals surface area contributed by atoms with E-state index in [-0.39, 0.29) is 91.8 Å². The zero-order valence-electron chi connectivity index (χ0n) is 30.5. The molecule has 232 valence electrons. The molecule has 10 radical (unpaired) electrons. The second-order valence-electron chi connectivity index (χ2n) is 13.8. The summed E-state index contributed by atoms with van der Waals surface area (Å²) in [6, 6.07) is 0. The number of ether oxygens (including phenoxy) is 2. The van der Waals surface area contributed by atoms with Crippen LogP contribution in [0.5, 0.6) is 0 Å². The van der Waals surface area contributed by atoms with Crippen LogP contribution in [0, 0.1) is 105 Å². The fourth-order valence-electron chi connectivity index (χ4n) is 5.13. The third-order valence-corrected chi connectivity index (χ3v) is 15.1. The summed E-state index contributed by atoms with van der Waals surface area (Å²) in [5.74, 6) is 14.7. The van der Waals surface area contributed by atoms with Crippen molar-refractivity contribution in [1.29, 1.82) is 0 Å². The van der Waals surface area contributed by atoms with E-state index >= 15 is 0 Å². The molecule has 0 bridgehead atoms. The van der Waals surface area contributed by atoms with Gasteiger partial charge in [0.2, 0.25) is 0 Å². The van der Waals surface area contributed by atoms with Crippen molar-refractivity contribution in [2.75, 3.05) is 26.4 Å². The second kappa shape index (κ2) is 24.5. The second-order valence-corrected chi connectivity index (χ2v) is 24.4. The van der Waals surface area contributed by atoms with Crippen LogP contribution in [0.4, 0.5) is 0 Å². The van der Waals surface area contributed by atoms with Gasteiger partial charge in [0, 0.05) is 66.8 Å². The Hall–Kier alpha value is 3.33. The van der Waals surface area contributed by atoms with Crippen molar-refractivity contribution < 1.29 is 101 Å². The first-order valence-electron chi connectivity index (χ1n) is 15.2. The van der Waals surface area contributed by atoms with E-state index in [9.17, 15) is 0 Å². The quantitative estimate of drug-likeness (QED) is 0.215. The van der Waals surface area contributed by atoms with Crippen molar-refractivity contribution in [3.8, 4) is 0 Å².